The molecular weight excluding hydrogens is 272 g/mol. The van der Waals surface area contributed by atoms with Gasteiger partial charge in [-0.05, 0) is 36.6 Å². The van der Waals surface area contributed by atoms with Crippen molar-refractivity contribution in [1.82, 2.24) is 9.29 Å². The molecule has 1 N–H and O–H groups in total. The number of hydrogen-bond acceptors (Lipinski definition) is 2. The molecule has 2 aromatic rings. The third-order valence-electron chi connectivity index (χ3n) is 3.60. The molecule has 0 fully saturated rings. The van der Waals surface area contributed by atoms with Gasteiger partial charge in [0, 0.05) is 30.7 Å². The van der Waals surface area contributed by atoms with Crippen LogP contribution in [0.15, 0.2) is 24.4 Å². The highest BCUT2D eigenvalue weighted by Gasteiger charge is 2.15. The van der Waals surface area contributed by atoms with Crippen LogP contribution in [0.2, 0.25) is 0 Å². The van der Waals surface area contributed by atoms with Gasteiger partial charge in [0.2, 0.25) is 10.0 Å². The maximum Gasteiger partial charge on any atom is 0.213 e. The molecule has 1 heterocycles. The Labute approximate surface area is 120 Å². The monoisotopic (exact) mass is 294 g/mol. The van der Waals surface area contributed by atoms with Crippen molar-refractivity contribution < 1.29 is 8.42 Å². The highest BCUT2D eigenvalue weighted by molar-refractivity contribution is 7.89. The van der Waals surface area contributed by atoms with Crippen molar-refractivity contribution in [1.29, 1.82) is 0 Å². The molecule has 0 unspecified atom stereocenters. The van der Waals surface area contributed by atoms with Crippen LogP contribution in [0.25, 0.3) is 10.9 Å². The van der Waals surface area contributed by atoms with Crippen molar-refractivity contribution in [2.24, 2.45) is 0 Å². The van der Waals surface area contributed by atoms with E-state index < -0.39 is 10.0 Å². The lowest BCUT2D eigenvalue weighted by Gasteiger charge is -2.16. The molecule has 0 amide bonds. The van der Waals surface area contributed by atoms with Crippen molar-refractivity contribution in [3.63, 3.8) is 0 Å². The second-order valence-corrected chi connectivity index (χ2v) is 7.46. The average molecular weight is 294 g/mol. The van der Waals surface area contributed by atoms with Crippen molar-refractivity contribution in [2.75, 3.05) is 12.8 Å². The first-order valence-corrected chi connectivity index (χ1v) is 8.61. The minimum atomic E-state index is -3.13. The van der Waals surface area contributed by atoms with Gasteiger partial charge < -0.3 is 4.98 Å². The number of aromatic amines is 1. The molecule has 0 saturated carbocycles. The van der Waals surface area contributed by atoms with Crippen LogP contribution in [0, 0.1) is 0 Å². The zero-order valence-corrected chi connectivity index (χ0v) is 13.1. The summed E-state index contributed by atoms with van der Waals surface area (Å²) in [4.78, 5) is 3.26. The maximum absolute atomic E-state index is 11.8. The summed E-state index contributed by atoms with van der Waals surface area (Å²) >= 11 is 0. The van der Waals surface area contributed by atoms with E-state index in [0.717, 1.165) is 23.9 Å². The fourth-order valence-electron chi connectivity index (χ4n) is 2.38. The number of H-pyrrole nitrogens is 1. The van der Waals surface area contributed by atoms with E-state index in [1.165, 1.54) is 15.3 Å². The summed E-state index contributed by atoms with van der Waals surface area (Å²) < 4.78 is 25.0. The molecule has 1 aromatic carbocycles. The molecule has 0 saturated heterocycles. The van der Waals surface area contributed by atoms with Gasteiger partial charge in [0.25, 0.3) is 0 Å². The van der Waals surface area contributed by atoms with E-state index in [9.17, 15) is 8.42 Å². The predicted octanol–water partition coefficient (Wildman–Crippen LogP) is 2.90. The SMILES string of the molecule is CCCc1c[nH]c2ccc(CN(C)S(=O)(=O)CC)cc12. The van der Waals surface area contributed by atoms with Crippen LogP contribution in [0.1, 0.15) is 31.4 Å². The van der Waals surface area contributed by atoms with Gasteiger partial charge in [0.15, 0.2) is 0 Å². The number of aromatic nitrogens is 1. The van der Waals surface area contributed by atoms with Gasteiger partial charge in [-0.25, -0.2) is 12.7 Å². The fourth-order valence-corrected chi connectivity index (χ4v) is 3.16. The molecule has 2 rings (SSSR count). The van der Waals surface area contributed by atoms with Crippen LogP contribution in [0.5, 0.6) is 0 Å². The number of aryl methyl sites for hydroxylation is 1. The van der Waals surface area contributed by atoms with Crippen LogP contribution in [-0.2, 0) is 23.0 Å². The number of fused-ring (bicyclic) bond motifs is 1. The Hall–Kier alpha value is -1.33. The van der Waals surface area contributed by atoms with Crippen LogP contribution in [0.4, 0.5) is 0 Å². The highest BCUT2D eigenvalue weighted by atomic mass is 32.2. The first kappa shape index (κ1) is 15.1. The van der Waals surface area contributed by atoms with E-state index in [2.05, 4.69) is 18.0 Å². The number of nitrogens with zero attached hydrogens (tertiary/aromatic N) is 1. The van der Waals surface area contributed by atoms with E-state index in [-0.39, 0.29) is 5.75 Å². The van der Waals surface area contributed by atoms with Crippen LogP contribution in [0.3, 0.4) is 0 Å². The molecule has 0 radical (unpaired) electrons. The fraction of sp³-hybridized carbons (Fsp3) is 0.467. The second-order valence-electron chi connectivity index (χ2n) is 5.10. The van der Waals surface area contributed by atoms with Crippen molar-refractivity contribution in [2.45, 2.75) is 33.2 Å². The van der Waals surface area contributed by atoms with Crippen molar-refractivity contribution in [3.8, 4) is 0 Å². The zero-order chi connectivity index (χ0) is 14.8. The standard InChI is InChI=1S/C15H22N2O2S/c1-4-6-13-10-16-15-8-7-12(9-14(13)15)11-17(3)20(18,19)5-2/h7-10,16H,4-6,11H2,1-3H3. The summed E-state index contributed by atoms with van der Waals surface area (Å²) in [6.07, 6.45) is 4.18. The Kier molecular flexibility index (Phi) is 4.50. The average Bonchev–Trinajstić information content (AvgIpc) is 2.82. The molecule has 4 nitrogen and oxygen atoms in total. The molecule has 20 heavy (non-hydrogen) atoms. The molecule has 0 aliphatic heterocycles. The number of benzene rings is 1. The Morgan fingerprint density at radius 2 is 2.00 bits per heavy atom. The highest BCUT2D eigenvalue weighted by Crippen LogP contribution is 2.22. The van der Waals surface area contributed by atoms with Crippen LogP contribution in [-0.4, -0.2) is 30.5 Å². The van der Waals surface area contributed by atoms with E-state index >= 15 is 0 Å². The first-order chi connectivity index (χ1) is 9.47. The Morgan fingerprint density at radius 1 is 1.25 bits per heavy atom. The van der Waals surface area contributed by atoms with Crippen LogP contribution < -0.4 is 0 Å². The van der Waals surface area contributed by atoms with E-state index in [0.29, 0.717) is 6.54 Å². The van der Waals surface area contributed by atoms with E-state index in [4.69, 9.17) is 0 Å². The van der Waals surface area contributed by atoms with Gasteiger partial charge in [-0.2, -0.15) is 0 Å². The smallest absolute Gasteiger partial charge is 0.213 e. The Morgan fingerprint density at radius 3 is 2.65 bits per heavy atom. The largest absolute Gasteiger partial charge is 0.361 e. The molecule has 110 valence electrons. The van der Waals surface area contributed by atoms with Gasteiger partial charge >= 0.3 is 0 Å². The van der Waals surface area contributed by atoms with Gasteiger partial charge in [0.05, 0.1) is 5.75 Å². The number of rotatable bonds is 6. The molecule has 0 aliphatic rings. The lowest BCUT2D eigenvalue weighted by atomic mass is 10.1. The summed E-state index contributed by atoms with van der Waals surface area (Å²) in [7, 11) is -1.50. The molecule has 0 spiro atoms. The molecular formula is C15H22N2O2S. The predicted molar refractivity (Wildman–Crippen MR) is 83.2 cm³/mol. The number of sulfonamides is 1. The normalized spacial score (nSPS) is 12.4. The summed E-state index contributed by atoms with van der Waals surface area (Å²) in [6.45, 7) is 4.24. The Bertz CT molecular complexity index is 689. The van der Waals surface area contributed by atoms with Gasteiger partial charge in [-0.15, -0.1) is 0 Å². The third kappa shape index (κ3) is 3.04. The maximum atomic E-state index is 11.8. The van der Waals surface area contributed by atoms with Gasteiger partial charge in [0.1, 0.15) is 0 Å². The minimum absolute atomic E-state index is 0.136. The van der Waals surface area contributed by atoms with E-state index in [1.54, 1.807) is 14.0 Å². The number of nitrogens with one attached hydrogen (secondary N) is 1. The Balaban J connectivity index is 2.29. The molecule has 5 heteroatoms. The lowest BCUT2D eigenvalue weighted by molar-refractivity contribution is 0.468. The topological polar surface area (TPSA) is 53.2 Å². The van der Waals surface area contributed by atoms with Crippen molar-refractivity contribution >= 4 is 20.9 Å². The molecule has 0 aliphatic carbocycles. The third-order valence-corrected chi connectivity index (χ3v) is 5.40. The zero-order valence-electron chi connectivity index (χ0n) is 12.3. The van der Waals surface area contributed by atoms with Gasteiger partial charge in [-0.1, -0.05) is 19.4 Å². The quantitative estimate of drug-likeness (QED) is 0.890. The van der Waals surface area contributed by atoms with Crippen LogP contribution >= 0.6 is 0 Å². The minimum Gasteiger partial charge on any atom is -0.361 e. The van der Waals surface area contributed by atoms with E-state index in [1.807, 2.05) is 18.3 Å². The van der Waals surface area contributed by atoms with Gasteiger partial charge in [-0.3, -0.25) is 0 Å². The van der Waals surface area contributed by atoms with Crippen molar-refractivity contribution in [3.05, 3.63) is 35.5 Å². The summed E-state index contributed by atoms with van der Waals surface area (Å²) in [6, 6.07) is 6.10. The summed E-state index contributed by atoms with van der Waals surface area (Å²) in [5.41, 5.74) is 3.43. The number of hydrogen-bond donors (Lipinski definition) is 1. The molecule has 1 aromatic heterocycles. The second kappa shape index (κ2) is 5.97. The molecule has 0 atom stereocenters. The first-order valence-electron chi connectivity index (χ1n) is 7.00. The lowest BCUT2D eigenvalue weighted by Crippen LogP contribution is -2.27. The summed E-state index contributed by atoms with van der Waals surface area (Å²) in [5, 5.41) is 1.20. The summed E-state index contributed by atoms with van der Waals surface area (Å²) in [5.74, 6) is 0.136. The molecule has 0 bridgehead atoms.